The van der Waals surface area contributed by atoms with Crippen LogP contribution < -0.4 is 10.6 Å². The molecule has 290 valence electrons. The lowest BCUT2D eigenvalue weighted by Crippen LogP contribution is -2.34. The summed E-state index contributed by atoms with van der Waals surface area (Å²) in [5, 5.41) is 5.24. The predicted octanol–water partition coefficient (Wildman–Crippen LogP) is 7.42. The highest BCUT2D eigenvalue weighted by Crippen LogP contribution is 2.41. The minimum absolute atomic E-state index is 0.0158. The van der Waals surface area contributed by atoms with Crippen molar-refractivity contribution in [2.75, 3.05) is 7.11 Å². The molecule has 0 spiro atoms. The molecule has 0 fully saturated rings. The lowest BCUT2D eigenvalue weighted by Gasteiger charge is -2.28. The molecule has 0 saturated carbocycles. The van der Waals surface area contributed by atoms with Gasteiger partial charge in [0, 0.05) is 36.1 Å². The van der Waals surface area contributed by atoms with Crippen LogP contribution in [0.15, 0.2) is 132 Å². The van der Waals surface area contributed by atoms with E-state index in [4.69, 9.17) is 14.2 Å². The van der Waals surface area contributed by atoms with Crippen molar-refractivity contribution < 1.29 is 51.4 Å². The molecule has 10 nitrogen and oxygen atoms in total. The van der Waals surface area contributed by atoms with Crippen LogP contribution in [0.3, 0.4) is 0 Å². The van der Waals surface area contributed by atoms with Gasteiger partial charge in [-0.3, -0.25) is 9.59 Å². The molecule has 2 unspecified atom stereocenters. The molecule has 13 heteroatoms. The number of alkyl halides is 3. The number of methoxy groups -OCH3 is 1. The minimum atomic E-state index is -4.60. The van der Waals surface area contributed by atoms with E-state index in [9.17, 15) is 37.1 Å². The molecule has 0 aromatic heterocycles. The first-order valence-electron chi connectivity index (χ1n) is 17.5. The fraction of sp³-hybridized carbons (Fsp3) is 0.233. The Balaban J connectivity index is 0.000000214. The second-order valence-corrected chi connectivity index (χ2v) is 13.0. The zero-order chi connectivity index (χ0) is 40.4. The number of allylic oxidation sites excluding steroid dienone is 2. The summed E-state index contributed by atoms with van der Waals surface area (Å²) in [5.74, 6) is -3.74. The normalized spacial score (nSPS) is 16.8. The maximum Gasteiger partial charge on any atom is 0.416 e. The van der Waals surface area contributed by atoms with Gasteiger partial charge in [0.2, 0.25) is 11.8 Å². The molecule has 2 amide bonds. The van der Waals surface area contributed by atoms with Gasteiger partial charge in [-0.1, -0.05) is 91.0 Å². The summed E-state index contributed by atoms with van der Waals surface area (Å²) in [4.78, 5) is 61.2. The number of carbonyl (C=O) groups excluding carboxylic acids is 5. The number of rotatable bonds is 9. The molecule has 56 heavy (non-hydrogen) atoms. The highest BCUT2D eigenvalue weighted by atomic mass is 19.4. The molecule has 2 N–H and O–H groups in total. The van der Waals surface area contributed by atoms with Crippen LogP contribution in [0.4, 0.5) is 13.2 Å². The van der Waals surface area contributed by atoms with Crippen molar-refractivity contribution >= 4 is 29.7 Å². The summed E-state index contributed by atoms with van der Waals surface area (Å²) in [6, 6.07) is 30.0. The molecule has 2 aliphatic rings. The summed E-state index contributed by atoms with van der Waals surface area (Å²) in [7, 11) is 1.31. The lowest BCUT2D eigenvalue weighted by molar-refractivity contribution is -0.142. The summed E-state index contributed by atoms with van der Waals surface area (Å²) in [5.41, 5.74) is 2.95. The fourth-order valence-electron chi connectivity index (χ4n) is 6.52. The van der Waals surface area contributed by atoms with E-state index in [1.165, 1.54) is 32.2 Å². The van der Waals surface area contributed by atoms with Crippen LogP contribution in [-0.2, 0) is 52.8 Å². The van der Waals surface area contributed by atoms with Gasteiger partial charge in [-0.05, 0) is 54.3 Å². The number of carbonyl (C=O) groups is 5. The van der Waals surface area contributed by atoms with Crippen LogP contribution in [0.2, 0.25) is 0 Å². The van der Waals surface area contributed by atoms with Crippen molar-refractivity contribution in [1.82, 2.24) is 10.6 Å². The molecule has 0 bridgehead atoms. The number of benzene rings is 4. The van der Waals surface area contributed by atoms with E-state index in [-0.39, 0.29) is 48.8 Å². The first-order valence-corrected chi connectivity index (χ1v) is 17.5. The molecule has 0 radical (unpaired) electrons. The van der Waals surface area contributed by atoms with E-state index in [0.29, 0.717) is 16.8 Å². The van der Waals surface area contributed by atoms with E-state index < -0.39 is 47.4 Å². The third kappa shape index (κ3) is 10.2. The topological polar surface area (TPSA) is 137 Å². The van der Waals surface area contributed by atoms with E-state index in [1.807, 2.05) is 36.4 Å². The quantitative estimate of drug-likeness (QED) is 0.133. The fourth-order valence-corrected chi connectivity index (χ4v) is 6.52. The SMILES string of the molecule is CC1=C(C(=O)OCc2ccccc2)C(c2ccccc2C(F)(F)F)CC(=O)N1.COC(=O)c1ccc(C2CC(=O)NC(C)=C2C(=O)OCc2ccccc2)cc1. The summed E-state index contributed by atoms with van der Waals surface area (Å²) < 4.78 is 55.9. The number of hydrogen-bond donors (Lipinski definition) is 2. The van der Waals surface area contributed by atoms with Crippen molar-refractivity contribution in [3.05, 3.63) is 165 Å². The molecule has 2 heterocycles. The van der Waals surface area contributed by atoms with Gasteiger partial charge in [-0.2, -0.15) is 13.2 Å². The molecule has 2 atom stereocenters. The Bertz CT molecular complexity index is 2150. The smallest absolute Gasteiger partial charge is 0.416 e. The highest BCUT2D eigenvalue weighted by Gasteiger charge is 2.40. The molecule has 4 aromatic rings. The minimum Gasteiger partial charge on any atom is -0.465 e. The maximum atomic E-state index is 13.5. The van der Waals surface area contributed by atoms with Crippen LogP contribution >= 0.6 is 0 Å². The van der Waals surface area contributed by atoms with Crippen LogP contribution in [0.5, 0.6) is 0 Å². The molecule has 6 rings (SSSR count). The van der Waals surface area contributed by atoms with E-state index >= 15 is 0 Å². The van der Waals surface area contributed by atoms with Crippen LogP contribution in [0, 0.1) is 0 Å². The Kier molecular flexibility index (Phi) is 13.2. The molecular formula is C43H39F3N2O8. The number of nitrogens with one attached hydrogen (secondary N) is 2. The van der Waals surface area contributed by atoms with Crippen molar-refractivity contribution in [2.45, 2.75) is 57.9 Å². The monoisotopic (exact) mass is 768 g/mol. The van der Waals surface area contributed by atoms with Gasteiger partial charge in [-0.25, -0.2) is 14.4 Å². The summed E-state index contributed by atoms with van der Waals surface area (Å²) >= 11 is 0. The summed E-state index contributed by atoms with van der Waals surface area (Å²) in [6.45, 7) is 3.31. The van der Waals surface area contributed by atoms with Crippen LogP contribution in [-0.4, -0.2) is 36.8 Å². The molecule has 4 aromatic carbocycles. The van der Waals surface area contributed by atoms with E-state index in [0.717, 1.165) is 22.8 Å². The standard InChI is InChI=1S/C22H21NO5.C21H18F3NO3/c1-14-20(22(26)28-13-15-6-4-3-5-7-15)18(12-19(24)23-14)16-8-10-17(11-9-16)21(25)27-2;1-13-19(20(27)28-12-14-7-3-2-4-8-14)16(11-18(26)25-13)15-9-5-6-10-17(15)21(22,23)24/h3-11,18H,12-13H2,1-2H3,(H,23,24);2-10,16H,11-12H2,1H3,(H,25,26). The molecular weight excluding hydrogens is 729 g/mol. The van der Waals surface area contributed by atoms with E-state index in [1.54, 1.807) is 55.5 Å². The van der Waals surface area contributed by atoms with Gasteiger partial charge in [0.05, 0.1) is 29.4 Å². The largest absolute Gasteiger partial charge is 0.465 e. The molecule has 0 saturated heterocycles. The third-order valence-electron chi connectivity index (χ3n) is 9.18. The molecule has 0 aliphatic carbocycles. The Morgan fingerprint density at radius 1 is 0.625 bits per heavy atom. The number of amides is 2. The maximum absolute atomic E-state index is 13.5. The first kappa shape index (κ1) is 40.7. The summed E-state index contributed by atoms with van der Waals surface area (Å²) in [6.07, 6.45) is -4.73. The number of hydrogen-bond acceptors (Lipinski definition) is 8. The first-order chi connectivity index (χ1) is 26.8. The van der Waals surface area contributed by atoms with Crippen molar-refractivity contribution in [1.29, 1.82) is 0 Å². The Morgan fingerprint density at radius 2 is 1.07 bits per heavy atom. The van der Waals surface area contributed by atoms with Gasteiger partial charge in [0.15, 0.2) is 0 Å². The zero-order valence-electron chi connectivity index (χ0n) is 30.8. The number of ether oxygens (including phenoxy) is 3. The average molecular weight is 769 g/mol. The molecule has 2 aliphatic heterocycles. The van der Waals surface area contributed by atoms with Gasteiger partial charge in [0.25, 0.3) is 0 Å². The van der Waals surface area contributed by atoms with Gasteiger partial charge in [-0.15, -0.1) is 0 Å². The second kappa shape index (κ2) is 18.2. The Labute approximate surface area is 321 Å². The van der Waals surface area contributed by atoms with Gasteiger partial charge >= 0.3 is 24.1 Å². The van der Waals surface area contributed by atoms with Gasteiger partial charge < -0.3 is 24.8 Å². The predicted molar refractivity (Wildman–Crippen MR) is 198 cm³/mol. The van der Waals surface area contributed by atoms with Crippen molar-refractivity contribution in [3.63, 3.8) is 0 Å². The van der Waals surface area contributed by atoms with Crippen molar-refractivity contribution in [2.24, 2.45) is 0 Å². The lowest BCUT2D eigenvalue weighted by atomic mass is 9.82. The van der Waals surface area contributed by atoms with Crippen molar-refractivity contribution in [3.8, 4) is 0 Å². The second-order valence-electron chi connectivity index (χ2n) is 13.0. The van der Waals surface area contributed by atoms with Crippen LogP contribution in [0.1, 0.15) is 76.7 Å². The number of esters is 3. The zero-order valence-corrected chi connectivity index (χ0v) is 30.8. The van der Waals surface area contributed by atoms with E-state index in [2.05, 4.69) is 10.6 Å². The highest BCUT2D eigenvalue weighted by molar-refractivity contribution is 5.97. The van der Waals surface area contributed by atoms with Gasteiger partial charge in [0.1, 0.15) is 13.2 Å². The Morgan fingerprint density at radius 3 is 1.55 bits per heavy atom. The third-order valence-corrected chi connectivity index (χ3v) is 9.18. The number of halogens is 3. The van der Waals surface area contributed by atoms with Crippen LogP contribution in [0.25, 0.3) is 0 Å². The Hall–Kier alpha value is -6.50. The average Bonchev–Trinajstić information content (AvgIpc) is 3.19.